The highest BCUT2D eigenvalue weighted by Crippen LogP contribution is 2.23. The molecule has 1 unspecified atom stereocenters. The average molecular weight is 206 g/mol. The number of nitrogens with one attached hydrogen (secondary N) is 1. The number of aliphatic hydroxyl groups is 1. The number of aliphatic hydroxyl groups excluding tert-OH is 1. The maximum absolute atomic E-state index is 9.28. The fourth-order valence-electron chi connectivity index (χ4n) is 1.69. The number of hydrogen-bond acceptors (Lipinski definition) is 3. The largest absolute Gasteiger partial charge is 0.508 e. The van der Waals surface area contributed by atoms with Crippen molar-refractivity contribution in [3.63, 3.8) is 0 Å². The molecule has 0 aliphatic rings. The number of rotatable bonds is 3. The van der Waals surface area contributed by atoms with Gasteiger partial charge in [0.05, 0.1) is 6.61 Å². The Kier molecular flexibility index (Phi) is 2.62. The van der Waals surface area contributed by atoms with Gasteiger partial charge >= 0.3 is 0 Å². The van der Waals surface area contributed by atoms with Crippen LogP contribution in [0.2, 0.25) is 0 Å². The third kappa shape index (κ3) is 1.95. The van der Waals surface area contributed by atoms with Crippen LogP contribution in [0, 0.1) is 0 Å². The van der Waals surface area contributed by atoms with Gasteiger partial charge in [0.15, 0.2) is 0 Å². The van der Waals surface area contributed by atoms with Crippen LogP contribution in [0.5, 0.6) is 5.75 Å². The van der Waals surface area contributed by atoms with E-state index >= 15 is 0 Å². The summed E-state index contributed by atoms with van der Waals surface area (Å²) >= 11 is 0. The zero-order chi connectivity index (χ0) is 10.8. The van der Waals surface area contributed by atoms with Gasteiger partial charge in [-0.25, -0.2) is 0 Å². The molecule has 0 bridgehead atoms. The number of phenolic OH excluding ortho intramolecular Hbond substituents is 1. The first-order valence-corrected chi connectivity index (χ1v) is 4.86. The van der Waals surface area contributed by atoms with Gasteiger partial charge in [0, 0.05) is 29.2 Å². The lowest BCUT2D eigenvalue weighted by atomic mass is 10.1. The molecule has 1 aromatic carbocycles. The van der Waals surface area contributed by atoms with Crippen LogP contribution in [0.3, 0.4) is 0 Å². The Morgan fingerprint density at radius 2 is 2.20 bits per heavy atom. The molecule has 15 heavy (non-hydrogen) atoms. The molecule has 0 radical (unpaired) electrons. The zero-order valence-electron chi connectivity index (χ0n) is 8.27. The first-order chi connectivity index (χ1) is 7.20. The lowest BCUT2D eigenvalue weighted by Gasteiger charge is -2.06. The maximum atomic E-state index is 9.28. The van der Waals surface area contributed by atoms with Crippen molar-refractivity contribution in [1.82, 2.24) is 4.98 Å². The van der Waals surface area contributed by atoms with E-state index < -0.39 is 0 Å². The molecule has 0 aliphatic carbocycles. The lowest BCUT2D eigenvalue weighted by Crippen LogP contribution is -2.26. The van der Waals surface area contributed by atoms with Gasteiger partial charge in [-0.2, -0.15) is 0 Å². The Bertz CT molecular complexity index is 465. The van der Waals surface area contributed by atoms with Crippen molar-refractivity contribution in [3.8, 4) is 5.75 Å². The van der Waals surface area contributed by atoms with Crippen molar-refractivity contribution in [2.45, 2.75) is 12.5 Å². The Labute approximate surface area is 87.3 Å². The van der Waals surface area contributed by atoms with E-state index in [4.69, 9.17) is 10.8 Å². The summed E-state index contributed by atoms with van der Waals surface area (Å²) in [5.74, 6) is 0.238. The molecule has 1 aromatic heterocycles. The van der Waals surface area contributed by atoms with Gasteiger partial charge < -0.3 is 20.9 Å². The minimum Gasteiger partial charge on any atom is -0.508 e. The van der Waals surface area contributed by atoms with E-state index in [0.29, 0.717) is 6.42 Å². The molecule has 2 aromatic rings. The SMILES string of the molecule is NC(CO)Cc1c[nH]c2cc(O)ccc12. The Morgan fingerprint density at radius 3 is 2.93 bits per heavy atom. The van der Waals surface area contributed by atoms with E-state index in [2.05, 4.69) is 4.98 Å². The highest BCUT2D eigenvalue weighted by molar-refractivity contribution is 5.84. The summed E-state index contributed by atoms with van der Waals surface area (Å²) < 4.78 is 0. The number of aromatic nitrogens is 1. The summed E-state index contributed by atoms with van der Waals surface area (Å²) in [6.45, 7) is -0.0231. The van der Waals surface area contributed by atoms with Crippen LogP contribution in [0.25, 0.3) is 10.9 Å². The predicted octanol–water partition coefficient (Wildman–Crippen LogP) is 0.736. The number of H-pyrrole nitrogens is 1. The van der Waals surface area contributed by atoms with E-state index in [1.807, 2.05) is 12.3 Å². The summed E-state index contributed by atoms with van der Waals surface area (Å²) in [4.78, 5) is 3.06. The van der Waals surface area contributed by atoms with Crippen LogP contribution < -0.4 is 5.73 Å². The van der Waals surface area contributed by atoms with Gasteiger partial charge in [-0.1, -0.05) is 0 Å². The van der Waals surface area contributed by atoms with E-state index in [1.54, 1.807) is 12.1 Å². The predicted molar refractivity (Wildman–Crippen MR) is 58.7 cm³/mol. The molecule has 0 saturated carbocycles. The second-order valence-corrected chi connectivity index (χ2v) is 3.69. The maximum Gasteiger partial charge on any atom is 0.117 e. The number of benzene rings is 1. The van der Waals surface area contributed by atoms with Crippen molar-refractivity contribution in [3.05, 3.63) is 30.0 Å². The van der Waals surface area contributed by atoms with Crippen molar-refractivity contribution in [2.24, 2.45) is 5.73 Å². The van der Waals surface area contributed by atoms with Crippen molar-refractivity contribution < 1.29 is 10.2 Å². The molecule has 4 heteroatoms. The molecule has 0 fully saturated rings. The molecular formula is C11H14N2O2. The van der Waals surface area contributed by atoms with Gasteiger partial charge in [-0.15, -0.1) is 0 Å². The van der Waals surface area contributed by atoms with Crippen molar-refractivity contribution >= 4 is 10.9 Å². The first-order valence-electron chi connectivity index (χ1n) is 4.86. The minimum atomic E-state index is -0.238. The Morgan fingerprint density at radius 1 is 1.40 bits per heavy atom. The van der Waals surface area contributed by atoms with Crippen LogP contribution >= 0.6 is 0 Å². The average Bonchev–Trinajstić information content (AvgIpc) is 2.60. The van der Waals surface area contributed by atoms with Crippen LogP contribution in [-0.4, -0.2) is 27.8 Å². The fraction of sp³-hybridized carbons (Fsp3) is 0.273. The topological polar surface area (TPSA) is 82.3 Å². The summed E-state index contributed by atoms with van der Waals surface area (Å²) in [6.07, 6.45) is 2.49. The van der Waals surface area contributed by atoms with E-state index in [-0.39, 0.29) is 18.4 Å². The number of aromatic amines is 1. The normalized spacial score (nSPS) is 13.2. The summed E-state index contributed by atoms with van der Waals surface area (Å²) in [6, 6.07) is 4.92. The van der Waals surface area contributed by atoms with Crippen LogP contribution in [0.1, 0.15) is 5.56 Å². The number of fused-ring (bicyclic) bond motifs is 1. The highest BCUT2D eigenvalue weighted by Gasteiger charge is 2.08. The highest BCUT2D eigenvalue weighted by atomic mass is 16.3. The molecule has 1 heterocycles. The van der Waals surface area contributed by atoms with Crippen LogP contribution in [0.4, 0.5) is 0 Å². The second-order valence-electron chi connectivity index (χ2n) is 3.69. The second kappa shape index (κ2) is 3.92. The van der Waals surface area contributed by atoms with Gasteiger partial charge in [0.25, 0.3) is 0 Å². The molecule has 0 saturated heterocycles. The molecular weight excluding hydrogens is 192 g/mol. The Balaban J connectivity index is 2.36. The summed E-state index contributed by atoms with van der Waals surface area (Å²) in [5, 5.41) is 19.2. The van der Waals surface area contributed by atoms with Crippen molar-refractivity contribution in [1.29, 1.82) is 0 Å². The Hall–Kier alpha value is -1.52. The summed E-state index contributed by atoms with van der Waals surface area (Å²) in [7, 11) is 0. The van der Waals surface area contributed by atoms with Gasteiger partial charge in [-0.3, -0.25) is 0 Å². The number of hydrogen-bond donors (Lipinski definition) is 4. The third-order valence-corrected chi connectivity index (χ3v) is 2.47. The monoisotopic (exact) mass is 206 g/mol. The van der Waals surface area contributed by atoms with Crippen LogP contribution in [-0.2, 0) is 6.42 Å². The molecule has 2 rings (SSSR count). The molecule has 0 aliphatic heterocycles. The molecule has 4 nitrogen and oxygen atoms in total. The zero-order valence-corrected chi connectivity index (χ0v) is 8.27. The standard InChI is InChI=1S/C11H14N2O2/c12-8(6-14)3-7-5-13-11-4-9(15)1-2-10(7)11/h1-2,4-5,8,13-15H,3,6,12H2. The van der Waals surface area contributed by atoms with E-state index in [1.165, 1.54) is 0 Å². The quantitative estimate of drug-likeness (QED) is 0.597. The fourth-order valence-corrected chi connectivity index (χ4v) is 1.69. The smallest absolute Gasteiger partial charge is 0.117 e. The third-order valence-electron chi connectivity index (χ3n) is 2.47. The van der Waals surface area contributed by atoms with Gasteiger partial charge in [0.1, 0.15) is 5.75 Å². The number of aromatic hydroxyl groups is 1. The van der Waals surface area contributed by atoms with Crippen molar-refractivity contribution in [2.75, 3.05) is 6.61 Å². The molecule has 1 atom stereocenters. The number of nitrogens with two attached hydrogens (primary N) is 1. The molecule has 0 amide bonds. The lowest BCUT2D eigenvalue weighted by molar-refractivity contribution is 0.265. The minimum absolute atomic E-state index is 0.0231. The van der Waals surface area contributed by atoms with E-state index in [9.17, 15) is 5.11 Å². The van der Waals surface area contributed by atoms with E-state index in [0.717, 1.165) is 16.5 Å². The first kappa shape index (κ1) is 10.0. The van der Waals surface area contributed by atoms with Gasteiger partial charge in [0.2, 0.25) is 0 Å². The molecule has 5 N–H and O–H groups in total. The summed E-state index contributed by atoms with van der Waals surface area (Å²) in [5.41, 5.74) is 7.62. The number of phenols is 1. The molecule has 80 valence electrons. The molecule has 0 spiro atoms. The van der Waals surface area contributed by atoms with Gasteiger partial charge in [-0.05, 0) is 24.1 Å². The van der Waals surface area contributed by atoms with Crippen LogP contribution in [0.15, 0.2) is 24.4 Å².